The molecule has 44 aliphatic rings. The lowest BCUT2D eigenvalue weighted by atomic mass is 9.53. The number of fused-ring (bicyclic) bond motifs is 14. The van der Waals surface area contributed by atoms with Crippen LogP contribution < -0.4 is 0 Å². The van der Waals surface area contributed by atoms with Gasteiger partial charge in [0.25, 0.3) is 0 Å². The van der Waals surface area contributed by atoms with Gasteiger partial charge in [-0.25, -0.2) is 0 Å². The average Bonchev–Trinajstić information content (AvgIpc) is 1.70. The molecular weight excluding hydrogens is 1850 g/mol. The van der Waals surface area contributed by atoms with Crippen molar-refractivity contribution >= 4 is 0 Å². The zero-order chi connectivity index (χ0) is 97.2. The van der Waals surface area contributed by atoms with Crippen molar-refractivity contribution in [3.05, 3.63) is 0 Å². The molecule has 0 aromatic carbocycles. The summed E-state index contributed by atoms with van der Waals surface area (Å²) in [7, 11) is 0. The molecule has 20 heteroatoms. The largest absolute Gasteiger partial charge is 0.350 e. The van der Waals surface area contributed by atoms with Gasteiger partial charge >= 0.3 is 0 Å². The predicted molar refractivity (Wildman–Crippen MR) is 554 cm³/mol. The normalized spacial score (nSPS) is 50.8. The second-order valence-electron chi connectivity index (χ2n) is 58.4. The predicted octanol–water partition coefficient (Wildman–Crippen LogP) is 26.2. The Morgan fingerprint density at radius 3 is 0.483 bits per heavy atom. The van der Waals surface area contributed by atoms with Crippen LogP contribution in [-0.4, -0.2) is 188 Å². The van der Waals surface area contributed by atoms with Gasteiger partial charge in [0.2, 0.25) is 0 Å². The Balaban J connectivity index is 0.0000000774. The molecule has 12 atom stereocenters. The highest BCUT2D eigenvalue weighted by Crippen LogP contribution is 2.71. The van der Waals surface area contributed by atoms with E-state index in [1.807, 2.05) is 0 Å². The maximum Gasteiger partial charge on any atom is 0.174 e. The van der Waals surface area contributed by atoms with E-state index in [0.29, 0.717) is 30.3 Å². The molecule has 12 unspecified atom stereocenters. The summed E-state index contributed by atoms with van der Waals surface area (Å²) in [6, 6.07) is 0. The van der Waals surface area contributed by atoms with Crippen LogP contribution in [0.25, 0.3) is 0 Å². The van der Waals surface area contributed by atoms with Crippen molar-refractivity contribution in [1.82, 2.24) is 0 Å². The molecule has 10 aliphatic heterocycles. The zero-order valence-corrected chi connectivity index (χ0v) is 91.2. The first-order chi connectivity index (χ1) is 72.2. The van der Waals surface area contributed by atoms with Crippen molar-refractivity contribution in [3.63, 3.8) is 0 Å². The highest BCUT2D eigenvalue weighted by atomic mass is 16.8. The molecular formula is C127H198O20. The highest BCUT2D eigenvalue weighted by Gasteiger charge is 2.71. The Kier molecular flexibility index (Phi) is 29.0. The lowest BCUT2D eigenvalue weighted by Crippen LogP contribution is -2.61. The minimum atomic E-state index is -0.145. The molecule has 10 heterocycles. The molecule has 0 N–H and O–H groups in total. The van der Waals surface area contributed by atoms with E-state index in [1.165, 1.54) is 405 Å². The maximum absolute atomic E-state index is 6.61. The lowest BCUT2D eigenvalue weighted by molar-refractivity contribution is -0.358. The summed E-state index contributed by atoms with van der Waals surface area (Å²) >= 11 is 0. The van der Waals surface area contributed by atoms with E-state index in [4.69, 9.17) is 94.7 Å². The monoisotopic (exact) mass is 2040 g/mol. The molecule has 44 fully saturated rings. The van der Waals surface area contributed by atoms with Crippen LogP contribution in [0, 0.1) is 189 Å². The van der Waals surface area contributed by atoms with Crippen molar-refractivity contribution in [2.45, 2.75) is 500 Å². The third-order valence-corrected chi connectivity index (χ3v) is 49.8. The van der Waals surface area contributed by atoms with Crippen LogP contribution in [0.3, 0.4) is 0 Å². The smallest absolute Gasteiger partial charge is 0.174 e. The standard InChI is InChI=1S/C16H24O2.C15H22O2.C15H24O2.C14H22O2.C13H20O2.C12H18O2.C12H20O2.C11H18O2.C10H16O2.C9H14O2/c1-2-4-15-14(3-1)17-16(18-15)12-6-10-5-11(8-12)9-13(16)7-10;1-2-13-14(3-1)17-15(16-13)11-5-9-4-10(7-11)8-12(15)6-9;1-2-4-16-15(17-5-3-1)13-7-11-6-12(9-13)10-14(15)8-11;1-2-4-16-14(15-3-1)12-6-10-5-11(8-12)9-13(14)7-10;1-2-14-13(15-3-1)11-5-9-4-10(7-11)8-12(13)6-9;1-2-14-12(13-1)10-4-8-3-9(6-10)7-11(12)5-8;1-2-6-13-12(14-7-3-1)9-10-4-5-11(12)8-10;1-2-6-13-11(12-5-1)8-9-3-4-10(11)7-9;1-4-11-10(12-5-1)7-8-2-3-9(10)6-8;1-2-8-5-7(1)6-9(8)10-3-4-11-9/h10-15H,1-9H2;9-14H,1-8H2;11-14H,1-10H2;10-13H,1-9H2;9-12H,1-8H2;8-11H,1-7H2;10-11H,1-9H2;9-10H,1-8H2;8-9H,1-7H2;7-8H,1-6H2. The summed E-state index contributed by atoms with van der Waals surface area (Å²) in [5.41, 5.74) is 0. The van der Waals surface area contributed by atoms with Crippen LogP contribution in [0.5, 0.6) is 0 Å². The fourth-order valence-corrected chi connectivity index (χ4v) is 44.8. The van der Waals surface area contributed by atoms with Crippen LogP contribution in [0.1, 0.15) is 417 Å². The Morgan fingerprint density at radius 1 is 0.109 bits per heavy atom. The van der Waals surface area contributed by atoms with Crippen LogP contribution in [0.4, 0.5) is 0 Å². The minimum absolute atomic E-state index is 0.0943. The molecule has 20 nitrogen and oxygen atoms in total. The number of rotatable bonds is 0. The molecule has 0 aromatic rings. The van der Waals surface area contributed by atoms with Gasteiger partial charge < -0.3 is 94.7 Å². The van der Waals surface area contributed by atoms with E-state index in [-0.39, 0.29) is 57.9 Å². The Morgan fingerprint density at radius 2 is 0.272 bits per heavy atom. The summed E-state index contributed by atoms with van der Waals surface area (Å²) in [5, 5.41) is 0. The molecule has 0 radical (unpaired) electrons. The molecule has 10 saturated heterocycles. The van der Waals surface area contributed by atoms with Crippen molar-refractivity contribution in [2.75, 3.05) is 106 Å². The summed E-state index contributed by atoms with van der Waals surface area (Å²) in [5.74, 6) is 26.2. The summed E-state index contributed by atoms with van der Waals surface area (Å²) < 4.78 is 123. The van der Waals surface area contributed by atoms with E-state index in [2.05, 4.69) is 0 Å². The van der Waals surface area contributed by atoms with Gasteiger partial charge in [0.15, 0.2) is 57.9 Å². The quantitative estimate of drug-likeness (QED) is 0.223. The summed E-state index contributed by atoms with van der Waals surface area (Å²) in [6.07, 6.45) is 88.6. The first kappa shape index (κ1) is 102. The SMILES string of the molecule is C1CC2OC3(OC2C1)C1CC2CC(C1)CC3C2.C1CCC2OC3(OC2C1)C1CC2CC(C1)CC3C2.C1CCOC2(CC3CCC2C3)OC1.C1CCOC2(CC3CCC2C3)OCC1.C1CCOC2(OC1)C1CC3CC(C1)CC2C3.C1CCOC2(OCC1)C1CC3CC(C1)CC2C3.C1COC2(CC3CCC2C3)O1.C1COC2(CC3CCC2C3)OC1.C1COC2(O1)C1CC3CC(C1)CC2C3.C1COC2(OC1)C1CC3CC(C1)CC2C3. The first-order valence-electron chi connectivity index (χ1n) is 65.1. The summed E-state index contributed by atoms with van der Waals surface area (Å²) in [4.78, 5) is 0. The number of hydrogen-bond donors (Lipinski definition) is 0. The third-order valence-electron chi connectivity index (χ3n) is 49.8. The van der Waals surface area contributed by atoms with Crippen LogP contribution in [0.2, 0.25) is 0 Å². The highest BCUT2D eigenvalue weighted by molar-refractivity contribution is 5.14. The Bertz CT molecular complexity index is 4100. The molecule has 10 spiro atoms. The van der Waals surface area contributed by atoms with Gasteiger partial charge in [-0.1, -0.05) is 12.8 Å². The minimum Gasteiger partial charge on any atom is -0.350 e. The van der Waals surface area contributed by atoms with Crippen LogP contribution in [-0.2, 0) is 94.7 Å². The molecule has 44 rings (SSSR count). The first-order valence-corrected chi connectivity index (χ1v) is 65.1. The van der Waals surface area contributed by atoms with Crippen molar-refractivity contribution in [1.29, 1.82) is 0 Å². The molecule has 34 saturated carbocycles. The molecule has 147 heavy (non-hydrogen) atoms. The van der Waals surface area contributed by atoms with Crippen molar-refractivity contribution in [3.8, 4) is 0 Å². The average molecular weight is 2040 g/mol. The maximum atomic E-state index is 6.61. The van der Waals surface area contributed by atoms with E-state index >= 15 is 0 Å². The second-order valence-corrected chi connectivity index (χ2v) is 58.4. The van der Waals surface area contributed by atoms with Gasteiger partial charge in [0, 0.05) is 120 Å². The molecule has 34 aliphatic carbocycles. The number of ether oxygens (including phenoxy) is 20. The van der Waals surface area contributed by atoms with Gasteiger partial charge in [-0.15, -0.1) is 0 Å². The topological polar surface area (TPSA) is 185 Å². The zero-order valence-electron chi connectivity index (χ0n) is 91.2. The van der Waals surface area contributed by atoms with Crippen LogP contribution >= 0.6 is 0 Å². The Hall–Kier alpha value is -0.800. The van der Waals surface area contributed by atoms with Gasteiger partial charge in [-0.3, -0.25) is 0 Å². The third kappa shape index (κ3) is 19.0. The van der Waals surface area contributed by atoms with E-state index in [1.54, 1.807) is 0 Å². The molecule has 826 valence electrons. The second kappa shape index (κ2) is 42.0. The summed E-state index contributed by atoms with van der Waals surface area (Å²) in [6.45, 7) is 14.4. The molecule has 0 amide bonds. The van der Waals surface area contributed by atoms with E-state index in [0.717, 1.165) is 302 Å². The van der Waals surface area contributed by atoms with Gasteiger partial charge in [-0.2, -0.15) is 0 Å². The van der Waals surface area contributed by atoms with Gasteiger partial charge in [-0.05, 0) is 474 Å². The van der Waals surface area contributed by atoms with E-state index in [9.17, 15) is 0 Å². The van der Waals surface area contributed by atoms with Crippen molar-refractivity contribution in [2.24, 2.45) is 189 Å². The fourth-order valence-electron chi connectivity index (χ4n) is 44.8. The lowest BCUT2D eigenvalue weighted by Gasteiger charge is -2.60. The van der Waals surface area contributed by atoms with Gasteiger partial charge in [0.05, 0.1) is 130 Å². The van der Waals surface area contributed by atoms with Gasteiger partial charge in [0.1, 0.15) is 0 Å². The van der Waals surface area contributed by atoms with Crippen molar-refractivity contribution < 1.29 is 94.7 Å². The van der Waals surface area contributed by atoms with Crippen LogP contribution in [0.15, 0.2) is 0 Å². The molecule has 32 bridgehead atoms. The fraction of sp³-hybridized carbons (Fsp3) is 1.00. The van der Waals surface area contributed by atoms with E-state index < -0.39 is 0 Å². The molecule has 0 aromatic heterocycles. The Labute approximate surface area is 884 Å². The number of hydrogen-bond acceptors (Lipinski definition) is 20.